The highest BCUT2D eigenvalue weighted by molar-refractivity contribution is 6.82. The zero-order valence-electron chi connectivity index (χ0n) is 7.98. The van der Waals surface area contributed by atoms with Crippen molar-refractivity contribution in [1.29, 1.82) is 0 Å². The molecule has 1 rings (SSSR count). The van der Waals surface area contributed by atoms with Crippen molar-refractivity contribution < 1.29 is 4.39 Å². The lowest BCUT2D eigenvalue weighted by Gasteiger charge is -2.18. The van der Waals surface area contributed by atoms with E-state index < -0.39 is 8.07 Å². The SMILES string of the molecule is C[Si](C)(CCl)Cc1ccc(F)cc1. The molecule has 0 amide bonds. The molecule has 0 aromatic heterocycles. The average Bonchev–Trinajstić information content (AvgIpc) is 2.09. The zero-order valence-corrected chi connectivity index (χ0v) is 9.74. The normalized spacial score (nSPS) is 11.7. The summed E-state index contributed by atoms with van der Waals surface area (Å²) in [6.45, 7) is 4.48. The van der Waals surface area contributed by atoms with Crippen molar-refractivity contribution in [2.45, 2.75) is 19.1 Å². The molecule has 0 N–H and O–H groups in total. The van der Waals surface area contributed by atoms with Gasteiger partial charge in [0.2, 0.25) is 0 Å². The first-order valence-corrected chi connectivity index (χ1v) is 8.29. The Morgan fingerprint density at radius 2 is 1.77 bits per heavy atom. The molecule has 0 aliphatic carbocycles. The second kappa shape index (κ2) is 4.25. The summed E-state index contributed by atoms with van der Waals surface area (Å²) < 4.78 is 12.6. The van der Waals surface area contributed by atoms with Gasteiger partial charge in [0.25, 0.3) is 0 Å². The van der Waals surface area contributed by atoms with Crippen molar-refractivity contribution in [3.8, 4) is 0 Å². The van der Waals surface area contributed by atoms with Gasteiger partial charge in [-0.1, -0.05) is 30.8 Å². The number of benzene rings is 1. The lowest BCUT2D eigenvalue weighted by atomic mass is 10.2. The van der Waals surface area contributed by atoms with E-state index in [9.17, 15) is 4.39 Å². The number of halogens is 2. The molecule has 0 bridgehead atoms. The van der Waals surface area contributed by atoms with Crippen molar-refractivity contribution >= 4 is 19.7 Å². The van der Waals surface area contributed by atoms with Crippen molar-refractivity contribution in [2.75, 3.05) is 5.50 Å². The van der Waals surface area contributed by atoms with Gasteiger partial charge in [-0.25, -0.2) is 4.39 Å². The van der Waals surface area contributed by atoms with Crippen LogP contribution in [-0.2, 0) is 6.04 Å². The lowest BCUT2D eigenvalue weighted by molar-refractivity contribution is 0.627. The molecular weight excluding hydrogens is 203 g/mol. The van der Waals surface area contributed by atoms with Crippen LogP contribution in [0.5, 0.6) is 0 Å². The van der Waals surface area contributed by atoms with Crippen molar-refractivity contribution in [1.82, 2.24) is 0 Å². The van der Waals surface area contributed by atoms with E-state index in [1.807, 2.05) is 12.1 Å². The third-order valence-electron chi connectivity index (χ3n) is 1.96. The maximum Gasteiger partial charge on any atom is 0.123 e. The van der Waals surface area contributed by atoms with Gasteiger partial charge < -0.3 is 0 Å². The summed E-state index contributed by atoms with van der Waals surface area (Å²) in [6.07, 6.45) is 0. The molecule has 72 valence electrons. The third kappa shape index (κ3) is 3.49. The van der Waals surface area contributed by atoms with E-state index in [1.165, 1.54) is 17.7 Å². The minimum absolute atomic E-state index is 0.172. The predicted molar refractivity (Wildman–Crippen MR) is 58.3 cm³/mol. The van der Waals surface area contributed by atoms with Gasteiger partial charge in [0.1, 0.15) is 5.82 Å². The zero-order chi connectivity index (χ0) is 9.90. The van der Waals surface area contributed by atoms with Crippen LogP contribution in [0.3, 0.4) is 0 Å². The standard InChI is InChI=1S/C10H14ClFSi/c1-13(2,8-11)7-9-3-5-10(12)6-4-9/h3-6H,7-8H2,1-2H3. The molecule has 1 aromatic carbocycles. The van der Waals surface area contributed by atoms with Crippen LogP contribution < -0.4 is 0 Å². The van der Waals surface area contributed by atoms with Crippen LogP contribution >= 0.6 is 11.6 Å². The second-order valence-corrected chi connectivity index (χ2v) is 9.85. The van der Waals surface area contributed by atoms with E-state index in [-0.39, 0.29) is 5.82 Å². The minimum Gasteiger partial charge on any atom is -0.207 e. The Bertz CT molecular complexity index is 269. The Labute approximate surface area is 84.7 Å². The van der Waals surface area contributed by atoms with Gasteiger partial charge in [0.15, 0.2) is 0 Å². The van der Waals surface area contributed by atoms with Crippen LogP contribution in [0.2, 0.25) is 13.1 Å². The number of alkyl halides is 1. The molecule has 0 saturated heterocycles. The maximum atomic E-state index is 12.6. The molecule has 1 aromatic rings. The fraction of sp³-hybridized carbons (Fsp3) is 0.400. The van der Waals surface area contributed by atoms with Gasteiger partial charge in [-0.15, -0.1) is 11.6 Å². The van der Waals surface area contributed by atoms with E-state index in [0.717, 1.165) is 11.5 Å². The molecule has 0 saturated carbocycles. The summed E-state index contributed by atoms with van der Waals surface area (Å²) in [5.74, 6) is -0.172. The third-order valence-corrected chi connectivity index (χ3v) is 6.22. The first-order valence-electron chi connectivity index (χ1n) is 4.34. The Hall–Kier alpha value is -0.343. The summed E-state index contributed by atoms with van der Waals surface area (Å²) >= 11 is 5.86. The quantitative estimate of drug-likeness (QED) is 0.537. The van der Waals surface area contributed by atoms with Gasteiger partial charge >= 0.3 is 0 Å². The second-order valence-electron chi connectivity index (χ2n) is 4.10. The first-order chi connectivity index (χ1) is 6.03. The van der Waals surface area contributed by atoms with E-state index in [1.54, 1.807) is 0 Å². The number of rotatable bonds is 3. The van der Waals surface area contributed by atoms with E-state index in [4.69, 9.17) is 11.6 Å². The molecule has 0 aliphatic rings. The molecular formula is C10H14ClFSi. The fourth-order valence-electron chi connectivity index (χ4n) is 1.20. The number of hydrogen-bond donors (Lipinski definition) is 0. The van der Waals surface area contributed by atoms with E-state index in [0.29, 0.717) is 0 Å². The molecule has 0 fully saturated rings. The summed E-state index contributed by atoms with van der Waals surface area (Å²) in [7, 11) is -1.29. The van der Waals surface area contributed by atoms with Crippen LogP contribution in [0.15, 0.2) is 24.3 Å². The van der Waals surface area contributed by atoms with Gasteiger partial charge in [-0.05, 0) is 18.2 Å². The Kier molecular flexibility index (Phi) is 3.51. The predicted octanol–water partition coefficient (Wildman–Crippen LogP) is 3.39. The Morgan fingerprint density at radius 3 is 2.23 bits per heavy atom. The molecule has 0 radical (unpaired) electrons. The highest BCUT2D eigenvalue weighted by Gasteiger charge is 2.19. The molecule has 0 nitrogen and oxygen atoms in total. The van der Waals surface area contributed by atoms with Crippen LogP contribution in [0.25, 0.3) is 0 Å². The van der Waals surface area contributed by atoms with Crippen molar-refractivity contribution in [3.63, 3.8) is 0 Å². The fourth-order valence-corrected chi connectivity index (χ4v) is 2.92. The molecule has 3 heteroatoms. The van der Waals surface area contributed by atoms with Crippen LogP contribution in [0.1, 0.15) is 5.56 Å². The minimum atomic E-state index is -1.29. The summed E-state index contributed by atoms with van der Waals surface area (Å²) in [6, 6.07) is 7.73. The molecule has 13 heavy (non-hydrogen) atoms. The highest BCUT2D eigenvalue weighted by atomic mass is 35.5. The topological polar surface area (TPSA) is 0 Å². The van der Waals surface area contributed by atoms with Crippen LogP contribution in [0.4, 0.5) is 4.39 Å². The Balaban J connectivity index is 2.69. The van der Waals surface area contributed by atoms with Crippen LogP contribution in [-0.4, -0.2) is 13.6 Å². The van der Waals surface area contributed by atoms with Crippen molar-refractivity contribution in [3.05, 3.63) is 35.6 Å². The smallest absolute Gasteiger partial charge is 0.123 e. The molecule has 0 unspecified atom stereocenters. The largest absolute Gasteiger partial charge is 0.207 e. The molecule has 0 aliphatic heterocycles. The first kappa shape index (κ1) is 10.7. The molecule has 0 atom stereocenters. The van der Waals surface area contributed by atoms with Gasteiger partial charge in [-0.2, -0.15) is 0 Å². The monoisotopic (exact) mass is 216 g/mol. The maximum absolute atomic E-state index is 12.6. The highest BCUT2D eigenvalue weighted by Crippen LogP contribution is 2.13. The van der Waals surface area contributed by atoms with Crippen LogP contribution in [0, 0.1) is 5.82 Å². The van der Waals surface area contributed by atoms with E-state index in [2.05, 4.69) is 13.1 Å². The lowest BCUT2D eigenvalue weighted by Crippen LogP contribution is -2.31. The summed E-state index contributed by atoms with van der Waals surface area (Å²) in [5, 5.41) is 0. The Morgan fingerprint density at radius 1 is 1.23 bits per heavy atom. The van der Waals surface area contributed by atoms with E-state index >= 15 is 0 Å². The van der Waals surface area contributed by atoms with Gasteiger partial charge in [0.05, 0.1) is 8.07 Å². The molecule has 0 spiro atoms. The van der Waals surface area contributed by atoms with Gasteiger partial charge in [0, 0.05) is 5.50 Å². The number of hydrogen-bond acceptors (Lipinski definition) is 0. The van der Waals surface area contributed by atoms with Crippen molar-refractivity contribution in [2.24, 2.45) is 0 Å². The summed E-state index contributed by atoms with van der Waals surface area (Å²) in [5.41, 5.74) is 1.95. The molecule has 0 heterocycles. The van der Waals surface area contributed by atoms with Gasteiger partial charge in [-0.3, -0.25) is 0 Å². The summed E-state index contributed by atoms with van der Waals surface area (Å²) in [4.78, 5) is 0. The average molecular weight is 217 g/mol.